The monoisotopic (exact) mass is 301 g/mol. The van der Waals surface area contributed by atoms with Crippen LogP contribution in [-0.4, -0.2) is 14.5 Å². The number of pyridine rings is 1. The summed E-state index contributed by atoms with van der Waals surface area (Å²) in [7, 11) is 0. The maximum absolute atomic E-state index is 12.9. The summed E-state index contributed by atoms with van der Waals surface area (Å²) >= 11 is 0. The van der Waals surface area contributed by atoms with Crippen LogP contribution in [0, 0.1) is 6.92 Å². The van der Waals surface area contributed by atoms with E-state index in [2.05, 4.69) is 9.97 Å². The van der Waals surface area contributed by atoms with Crippen LogP contribution in [-0.2, 0) is 6.54 Å². The Hall–Kier alpha value is -3.01. The Balaban J connectivity index is 1.97. The number of aromatic nitrogens is 3. The zero-order chi connectivity index (χ0) is 15.8. The fourth-order valence-electron chi connectivity index (χ4n) is 2.90. The zero-order valence-corrected chi connectivity index (χ0v) is 12.7. The van der Waals surface area contributed by atoms with Crippen molar-refractivity contribution >= 4 is 21.8 Å². The molecule has 0 aliphatic carbocycles. The Morgan fingerprint density at radius 3 is 2.61 bits per heavy atom. The van der Waals surface area contributed by atoms with Gasteiger partial charge in [0.15, 0.2) is 0 Å². The average molecular weight is 301 g/mol. The van der Waals surface area contributed by atoms with Gasteiger partial charge in [-0.1, -0.05) is 30.3 Å². The molecule has 0 N–H and O–H groups in total. The van der Waals surface area contributed by atoms with Gasteiger partial charge in [0.1, 0.15) is 5.82 Å². The summed E-state index contributed by atoms with van der Waals surface area (Å²) in [4.78, 5) is 21.9. The van der Waals surface area contributed by atoms with Gasteiger partial charge < -0.3 is 0 Å². The largest absolute Gasteiger partial charge is 0.292 e. The minimum Gasteiger partial charge on any atom is -0.292 e. The molecule has 0 amide bonds. The minimum absolute atomic E-state index is 0.0119. The molecular weight excluding hydrogens is 286 g/mol. The molecule has 112 valence electrons. The van der Waals surface area contributed by atoms with Crippen LogP contribution in [0.1, 0.15) is 11.4 Å². The summed E-state index contributed by atoms with van der Waals surface area (Å²) in [5.41, 5.74) is 2.65. The molecule has 2 heterocycles. The van der Waals surface area contributed by atoms with Crippen molar-refractivity contribution in [2.24, 2.45) is 0 Å². The normalized spacial score (nSPS) is 11.2. The Kier molecular flexibility index (Phi) is 3.15. The lowest BCUT2D eigenvalue weighted by molar-refractivity contribution is 0.713. The van der Waals surface area contributed by atoms with Gasteiger partial charge >= 0.3 is 0 Å². The molecule has 0 aliphatic rings. The molecule has 0 bridgehead atoms. The highest BCUT2D eigenvalue weighted by atomic mass is 16.1. The molecule has 2 aromatic carbocycles. The molecule has 0 saturated heterocycles. The molecule has 4 nitrogen and oxygen atoms in total. The lowest BCUT2D eigenvalue weighted by Crippen LogP contribution is -2.24. The Bertz CT molecular complexity index is 1070. The predicted octanol–water partition coefficient (Wildman–Crippen LogP) is 3.30. The molecule has 0 fully saturated rings. The van der Waals surface area contributed by atoms with Gasteiger partial charge in [0.2, 0.25) is 0 Å². The van der Waals surface area contributed by atoms with E-state index < -0.39 is 0 Å². The van der Waals surface area contributed by atoms with E-state index in [-0.39, 0.29) is 5.56 Å². The number of aryl methyl sites for hydroxylation is 1. The van der Waals surface area contributed by atoms with Gasteiger partial charge in [-0.15, -0.1) is 0 Å². The molecule has 2 aromatic heterocycles. The molecule has 0 unspecified atom stereocenters. The first kappa shape index (κ1) is 13.6. The summed E-state index contributed by atoms with van der Waals surface area (Å²) in [6, 6.07) is 17.5. The van der Waals surface area contributed by atoms with Gasteiger partial charge in [0.25, 0.3) is 5.56 Å². The van der Waals surface area contributed by atoms with Crippen molar-refractivity contribution in [2.75, 3.05) is 0 Å². The fraction of sp³-hybridized carbons (Fsp3) is 0.105. The third-order valence-electron chi connectivity index (χ3n) is 4.08. The van der Waals surface area contributed by atoms with Crippen LogP contribution in [0.5, 0.6) is 0 Å². The molecule has 0 atom stereocenters. The maximum atomic E-state index is 12.9. The standard InChI is InChI=1S/C19H15N3O/c1-13-21-18-15-8-5-11-20-17(15)10-9-16(18)19(23)22(13)12-14-6-3-2-4-7-14/h2-11H,12H2,1H3. The Morgan fingerprint density at radius 2 is 1.78 bits per heavy atom. The number of hydrogen-bond acceptors (Lipinski definition) is 3. The van der Waals surface area contributed by atoms with Gasteiger partial charge in [-0.3, -0.25) is 14.3 Å². The van der Waals surface area contributed by atoms with E-state index in [9.17, 15) is 4.79 Å². The van der Waals surface area contributed by atoms with E-state index in [0.29, 0.717) is 17.8 Å². The number of benzene rings is 2. The fourth-order valence-corrected chi connectivity index (χ4v) is 2.90. The quantitative estimate of drug-likeness (QED) is 0.534. The van der Waals surface area contributed by atoms with E-state index in [0.717, 1.165) is 22.0 Å². The van der Waals surface area contributed by atoms with E-state index in [1.165, 1.54) is 0 Å². The van der Waals surface area contributed by atoms with Crippen LogP contribution in [0.3, 0.4) is 0 Å². The van der Waals surface area contributed by atoms with E-state index in [4.69, 9.17) is 0 Å². The SMILES string of the molecule is Cc1nc2c(ccc3ncccc32)c(=O)n1Cc1ccccc1. The van der Waals surface area contributed by atoms with Crippen LogP contribution in [0.4, 0.5) is 0 Å². The van der Waals surface area contributed by atoms with Crippen molar-refractivity contribution in [2.45, 2.75) is 13.5 Å². The highest BCUT2D eigenvalue weighted by Crippen LogP contribution is 2.20. The number of nitrogens with zero attached hydrogens (tertiary/aromatic N) is 3. The number of fused-ring (bicyclic) bond motifs is 3. The number of hydrogen-bond donors (Lipinski definition) is 0. The second-order valence-corrected chi connectivity index (χ2v) is 5.57. The topological polar surface area (TPSA) is 47.8 Å². The lowest BCUT2D eigenvalue weighted by atomic mass is 10.1. The van der Waals surface area contributed by atoms with Crippen LogP contribution in [0.2, 0.25) is 0 Å². The number of rotatable bonds is 2. The van der Waals surface area contributed by atoms with Crippen LogP contribution < -0.4 is 5.56 Å². The average Bonchev–Trinajstić information content (AvgIpc) is 2.59. The Labute approximate surface area is 133 Å². The van der Waals surface area contributed by atoms with Crippen LogP contribution in [0.15, 0.2) is 65.6 Å². The summed E-state index contributed by atoms with van der Waals surface area (Å²) in [6.07, 6.45) is 1.75. The molecule has 4 heteroatoms. The van der Waals surface area contributed by atoms with E-state index in [1.807, 2.05) is 61.5 Å². The van der Waals surface area contributed by atoms with E-state index >= 15 is 0 Å². The summed E-state index contributed by atoms with van der Waals surface area (Å²) in [5, 5.41) is 1.55. The van der Waals surface area contributed by atoms with Gasteiger partial charge in [-0.2, -0.15) is 0 Å². The summed E-state index contributed by atoms with van der Waals surface area (Å²) in [5.74, 6) is 0.711. The van der Waals surface area contributed by atoms with Crippen molar-refractivity contribution in [1.82, 2.24) is 14.5 Å². The third-order valence-corrected chi connectivity index (χ3v) is 4.08. The molecule has 4 aromatic rings. The molecule has 4 rings (SSSR count). The first-order chi connectivity index (χ1) is 11.2. The Morgan fingerprint density at radius 1 is 0.957 bits per heavy atom. The first-order valence-electron chi connectivity index (χ1n) is 7.53. The van der Waals surface area contributed by atoms with Crippen molar-refractivity contribution in [1.29, 1.82) is 0 Å². The molecule has 0 spiro atoms. The maximum Gasteiger partial charge on any atom is 0.261 e. The van der Waals surface area contributed by atoms with E-state index in [1.54, 1.807) is 10.8 Å². The van der Waals surface area contributed by atoms with Gasteiger partial charge in [0.05, 0.1) is 23.0 Å². The van der Waals surface area contributed by atoms with Crippen molar-refractivity contribution < 1.29 is 0 Å². The highest BCUT2D eigenvalue weighted by molar-refractivity contribution is 6.03. The second-order valence-electron chi connectivity index (χ2n) is 5.57. The molecular formula is C19H15N3O. The molecule has 0 radical (unpaired) electrons. The van der Waals surface area contributed by atoms with Gasteiger partial charge in [-0.05, 0) is 36.8 Å². The van der Waals surface area contributed by atoms with Crippen LogP contribution in [0.25, 0.3) is 21.8 Å². The lowest BCUT2D eigenvalue weighted by Gasteiger charge is -2.12. The van der Waals surface area contributed by atoms with Crippen LogP contribution >= 0.6 is 0 Å². The zero-order valence-electron chi connectivity index (χ0n) is 12.7. The van der Waals surface area contributed by atoms with Gasteiger partial charge in [-0.25, -0.2) is 4.98 Å². The second kappa shape index (κ2) is 5.32. The highest BCUT2D eigenvalue weighted by Gasteiger charge is 2.11. The summed E-state index contributed by atoms with van der Waals surface area (Å²) < 4.78 is 1.72. The third kappa shape index (κ3) is 2.28. The van der Waals surface area contributed by atoms with Crippen molar-refractivity contribution in [3.63, 3.8) is 0 Å². The predicted molar refractivity (Wildman–Crippen MR) is 91.6 cm³/mol. The first-order valence-corrected chi connectivity index (χ1v) is 7.53. The molecule has 0 saturated carbocycles. The smallest absolute Gasteiger partial charge is 0.261 e. The molecule has 0 aliphatic heterocycles. The van der Waals surface area contributed by atoms with Crippen molar-refractivity contribution in [3.8, 4) is 0 Å². The minimum atomic E-state index is -0.0119. The molecule has 23 heavy (non-hydrogen) atoms. The van der Waals surface area contributed by atoms with Crippen molar-refractivity contribution in [3.05, 3.63) is 82.5 Å². The summed E-state index contributed by atoms with van der Waals surface area (Å²) in [6.45, 7) is 2.40. The van der Waals surface area contributed by atoms with Gasteiger partial charge in [0, 0.05) is 11.6 Å².